The summed E-state index contributed by atoms with van der Waals surface area (Å²) in [6, 6.07) is 0. The summed E-state index contributed by atoms with van der Waals surface area (Å²) in [4.78, 5) is 30.8. The molecule has 122 valence electrons. The van der Waals surface area contributed by atoms with Gasteiger partial charge in [0, 0.05) is 26.2 Å². The molecule has 9 heteroatoms. The minimum atomic E-state index is -1.05. The lowest BCUT2D eigenvalue weighted by molar-refractivity contribution is 0.0240. The van der Waals surface area contributed by atoms with E-state index in [1.807, 2.05) is 25.7 Å². The number of carbonyl (C=O) groups excluding carboxylic acids is 1. The lowest BCUT2D eigenvalue weighted by atomic mass is 10.2. The van der Waals surface area contributed by atoms with E-state index >= 15 is 0 Å². The normalized spacial score (nSPS) is 15.8. The van der Waals surface area contributed by atoms with Crippen LogP contribution in [-0.2, 0) is 4.74 Å². The van der Waals surface area contributed by atoms with E-state index in [2.05, 4.69) is 20.9 Å². The van der Waals surface area contributed by atoms with Crippen LogP contribution in [0.15, 0.2) is 3.92 Å². The quantitative estimate of drug-likeness (QED) is 0.833. The number of hydrogen-bond acceptors (Lipinski definition) is 6. The first-order valence-corrected chi connectivity index (χ1v) is 8.41. The number of amides is 1. The van der Waals surface area contributed by atoms with Crippen molar-refractivity contribution in [3.05, 3.63) is 9.61 Å². The molecule has 0 saturated carbocycles. The fraction of sp³-hybridized carbons (Fsp3) is 0.615. The molecule has 0 radical (unpaired) electrons. The maximum atomic E-state index is 12.0. The zero-order valence-corrected chi connectivity index (χ0v) is 15.0. The highest BCUT2D eigenvalue weighted by molar-refractivity contribution is 9.11. The van der Waals surface area contributed by atoms with Crippen LogP contribution in [0.4, 0.5) is 9.80 Å². The second-order valence-electron chi connectivity index (χ2n) is 5.88. The lowest BCUT2D eigenvalue weighted by Crippen LogP contribution is -2.50. The predicted octanol–water partition coefficient (Wildman–Crippen LogP) is 2.66. The van der Waals surface area contributed by atoms with Gasteiger partial charge in [0.1, 0.15) is 10.6 Å². The van der Waals surface area contributed by atoms with Gasteiger partial charge in [-0.05, 0) is 36.7 Å². The molecule has 1 saturated heterocycles. The number of aromatic carboxylic acids is 1. The van der Waals surface area contributed by atoms with Crippen molar-refractivity contribution in [3.8, 4) is 0 Å². The van der Waals surface area contributed by atoms with Crippen LogP contribution < -0.4 is 4.90 Å². The van der Waals surface area contributed by atoms with E-state index in [4.69, 9.17) is 4.74 Å². The van der Waals surface area contributed by atoms with Crippen molar-refractivity contribution in [2.45, 2.75) is 26.4 Å². The Bertz CT molecular complexity index is 576. The summed E-state index contributed by atoms with van der Waals surface area (Å²) in [6.07, 6.45) is -0.337. The molecule has 1 aliphatic rings. The maximum Gasteiger partial charge on any atom is 0.410 e. The monoisotopic (exact) mass is 391 g/mol. The van der Waals surface area contributed by atoms with Gasteiger partial charge in [-0.15, -0.1) is 0 Å². The number of thiazole rings is 1. The molecule has 2 rings (SSSR count). The third-order valence-corrected chi connectivity index (χ3v) is 4.57. The molecule has 1 N–H and O–H groups in total. The Hall–Kier alpha value is -1.35. The smallest absolute Gasteiger partial charge is 0.410 e. The second-order valence-corrected chi connectivity index (χ2v) is 8.13. The minimum Gasteiger partial charge on any atom is -0.476 e. The number of halogens is 1. The van der Waals surface area contributed by atoms with Crippen LogP contribution in [0.3, 0.4) is 0 Å². The Labute approximate surface area is 141 Å². The van der Waals surface area contributed by atoms with Gasteiger partial charge in [0.05, 0.1) is 0 Å². The van der Waals surface area contributed by atoms with Crippen LogP contribution in [0.5, 0.6) is 0 Å². The molecular weight excluding hydrogens is 374 g/mol. The number of ether oxygens (including phenoxy) is 1. The summed E-state index contributed by atoms with van der Waals surface area (Å²) >= 11 is 4.50. The van der Waals surface area contributed by atoms with Crippen molar-refractivity contribution in [3.63, 3.8) is 0 Å². The van der Waals surface area contributed by atoms with Gasteiger partial charge in [0.15, 0.2) is 9.61 Å². The molecule has 1 amide bonds. The summed E-state index contributed by atoms with van der Waals surface area (Å²) in [5.41, 5.74) is -0.477. The molecular formula is C13H18BrN3O4S. The van der Waals surface area contributed by atoms with Crippen LogP contribution in [0.2, 0.25) is 0 Å². The van der Waals surface area contributed by atoms with Crippen LogP contribution in [-0.4, -0.2) is 58.8 Å². The molecule has 0 atom stereocenters. The standard InChI is InChI=1S/C13H18BrN3O4S/c1-13(2,3)21-12(20)17-6-4-16(5-7-17)9-8(10(18)19)15-11(14)22-9/h4-7H2,1-3H3,(H,18,19). The number of hydrogen-bond donors (Lipinski definition) is 1. The number of carboxylic acid groups (broad SMARTS) is 1. The molecule has 1 aliphatic heterocycles. The number of rotatable bonds is 2. The van der Waals surface area contributed by atoms with Gasteiger partial charge in [-0.1, -0.05) is 11.3 Å². The Balaban J connectivity index is 2.01. The molecule has 0 aliphatic carbocycles. The first-order valence-electron chi connectivity index (χ1n) is 6.80. The molecule has 22 heavy (non-hydrogen) atoms. The number of carbonyl (C=O) groups is 2. The van der Waals surface area contributed by atoms with Gasteiger partial charge in [-0.2, -0.15) is 0 Å². The van der Waals surface area contributed by atoms with Crippen molar-refractivity contribution < 1.29 is 19.4 Å². The summed E-state index contributed by atoms with van der Waals surface area (Å²) in [5.74, 6) is -1.05. The Kier molecular flexibility index (Phi) is 4.96. The van der Waals surface area contributed by atoms with Crippen molar-refractivity contribution in [1.29, 1.82) is 0 Å². The van der Waals surface area contributed by atoms with E-state index < -0.39 is 11.6 Å². The highest BCUT2D eigenvalue weighted by atomic mass is 79.9. The third-order valence-electron chi connectivity index (χ3n) is 3.00. The average Bonchev–Trinajstić information content (AvgIpc) is 2.79. The largest absolute Gasteiger partial charge is 0.476 e. The van der Waals surface area contributed by atoms with E-state index in [9.17, 15) is 14.7 Å². The highest BCUT2D eigenvalue weighted by Gasteiger charge is 2.29. The Morgan fingerprint density at radius 1 is 1.27 bits per heavy atom. The van der Waals surface area contributed by atoms with Crippen LogP contribution in [0, 0.1) is 0 Å². The zero-order valence-electron chi connectivity index (χ0n) is 12.6. The SMILES string of the molecule is CC(C)(C)OC(=O)N1CCN(c2sc(Br)nc2C(=O)O)CC1. The van der Waals surface area contributed by atoms with Gasteiger partial charge in [-0.25, -0.2) is 14.6 Å². The molecule has 2 heterocycles. The molecule has 1 aromatic rings. The summed E-state index contributed by atoms with van der Waals surface area (Å²) in [5, 5.41) is 9.80. The number of aromatic nitrogens is 1. The first kappa shape index (κ1) is 17.0. The number of anilines is 1. The minimum absolute atomic E-state index is 0.0441. The maximum absolute atomic E-state index is 12.0. The van der Waals surface area contributed by atoms with E-state index in [1.165, 1.54) is 11.3 Å². The van der Waals surface area contributed by atoms with E-state index in [-0.39, 0.29) is 11.8 Å². The number of carboxylic acids is 1. The average molecular weight is 392 g/mol. The molecule has 0 unspecified atom stereocenters. The second kappa shape index (κ2) is 6.41. The van der Waals surface area contributed by atoms with Gasteiger partial charge in [0.2, 0.25) is 0 Å². The van der Waals surface area contributed by atoms with Crippen molar-refractivity contribution in [1.82, 2.24) is 9.88 Å². The van der Waals surface area contributed by atoms with Gasteiger partial charge >= 0.3 is 12.1 Å². The van der Waals surface area contributed by atoms with E-state index in [0.29, 0.717) is 35.1 Å². The number of nitrogens with zero attached hydrogens (tertiary/aromatic N) is 3. The van der Waals surface area contributed by atoms with Crippen molar-refractivity contribution in [2.75, 3.05) is 31.1 Å². The first-order chi connectivity index (χ1) is 10.2. The van der Waals surface area contributed by atoms with E-state index in [0.717, 1.165) is 0 Å². The third kappa shape index (κ3) is 4.10. The van der Waals surface area contributed by atoms with Crippen molar-refractivity contribution >= 4 is 44.3 Å². The van der Waals surface area contributed by atoms with Crippen LogP contribution >= 0.6 is 27.3 Å². The lowest BCUT2D eigenvalue weighted by Gasteiger charge is -2.36. The highest BCUT2D eigenvalue weighted by Crippen LogP contribution is 2.32. The van der Waals surface area contributed by atoms with Crippen LogP contribution in [0.1, 0.15) is 31.3 Å². The zero-order chi connectivity index (χ0) is 16.5. The van der Waals surface area contributed by atoms with Gasteiger partial charge in [0.25, 0.3) is 0 Å². The molecule has 1 fully saturated rings. The molecule has 0 aromatic carbocycles. The summed E-state index contributed by atoms with van der Waals surface area (Å²) < 4.78 is 5.88. The van der Waals surface area contributed by atoms with E-state index in [1.54, 1.807) is 4.90 Å². The molecule has 1 aromatic heterocycles. The topological polar surface area (TPSA) is 83.0 Å². The fourth-order valence-corrected chi connectivity index (χ4v) is 3.53. The molecule has 7 nitrogen and oxygen atoms in total. The van der Waals surface area contributed by atoms with Crippen LogP contribution in [0.25, 0.3) is 0 Å². The molecule has 0 bridgehead atoms. The fourth-order valence-electron chi connectivity index (χ4n) is 2.06. The Morgan fingerprint density at radius 3 is 2.36 bits per heavy atom. The van der Waals surface area contributed by atoms with Gasteiger partial charge in [-0.3, -0.25) is 0 Å². The summed E-state index contributed by atoms with van der Waals surface area (Å²) in [7, 11) is 0. The Morgan fingerprint density at radius 2 is 1.86 bits per heavy atom. The summed E-state index contributed by atoms with van der Waals surface area (Å²) in [6.45, 7) is 7.56. The van der Waals surface area contributed by atoms with Gasteiger partial charge < -0.3 is 19.6 Å². The number of piperazine rings is 1. The van der Waals surface area contributed by atoms with Crippen molar-refractivity contribution in [2.24, 2.45) is 0 Å². The predicted molar refractivity (Wildman–Crippen MR) is 86.8 cm³/mol. The molecule has 0 spiro atoms.